The molecule has 1 unspecified atom stereocenters. The molecular formula is C26H27F3N2. The van der Waals surface area contributed by atoms with Crippen molar-refractivity contribution in [1.82, 2.24) is 4.98 Å². The minimum absolute atomic E-state index is 0.0997. The van der Waals surface area contributed by atoms with E-state index in [-0.39, 0.29) is 5.56 Å². The van der Waals surface area contributed by atoms with Gasteiger partial charge in [-0.3, -0.25) is 0 Å². The Labute approximate surface area is 181 Å². The van der Waals surface area contributed by atoms with Gasteiger partial charge in [-0.2, -0.15) is 13.2 Å². The average molecular weight is 425 g/mol. The Kier molecular flexibility index (Phi) is 5.78. The average Bonchev–Trinajstić information content (AvgIpc) is 2.74. The van der Waals surface area contributed by atoms with Gasteiger partial charge in [0.1, 0.15) is 5.82 Å². The van der Waals surface area contributed by atoms with Crippen LogP contribution in [0.4, 0.5) is 19.0 Å². The van der Waals surface area contributed by atoms with Gasteiger partial charge in [0, 0.05) is 11.3 Å². The Hall–Kier alpha value is -2.82. The molecule has 1 aromatic carbocycles. The van der Waals surface area contributed by atoms with Crippen molar-refractivity contribution in [3.8, 4) is 11.3 Å². The smallest absolute Gasteiger partial charge is 0.340 e. The lowest BCUT2D eigenvalue weighted by molar-refractivity contribution is -0.137. The first-order valence-corrected chi connectivity index (χ1v) is 10.8. The third-order valence-corrected chi connectivity index (χ3v) is 6.15. The zero-order valence-electron chi connectivity index (χ0n) is 18.1. The second-order valence-corrected chi connectivity index (χ2v) is 8.42. The molecule has 0 saturated carbocycles. The summed E-state index contributed by atoms with van der Waals surface area (Å²) in [5.41, 5.74) is 5.69. The number of hydrogen-bond acceptors (Lipinski definition) is 2. The molecule has 31 heavy (non-hydrogen) atoms. The van der Waals surface area contributed by atoms with Gasteiger partial charge in [0.2, 0.25) is 0 Å². The van der Waals surface area contributed by atoms with E-state index < -0.39 is 11.7 Å². The molecule has 2 aliphatic carbocycles. The predicted octanol–water partition coefficient (Wildman–Crippen LogP) is 7.84. The van der Waals surface area contributed by atoms with Crippen molar-refractivity contribution in [1.29, 1.82) is 0 Å². The number of rotatable bonds is 4. The molecule has 5 heteroatoms. The van der Waals surface area contributed by atoms with E-state index in [9.17, 15) is 13.2 Å². The maximum Gasteiger partial charge on any atom is 0.417 e. The largest absolute Gasteiger partial charge is 0.417 e. The third-order valence-electron chi connectivity index (χ3n) is 6.15. The Morgan fingerprint density at radius 1 is 1.13 bits per heavy atom. The summed E-state index contributed by atoms with van der Waals surface area (Å²) in [6, 6.07) is 9.22. The zero-order chi connectivity index (χ0) is 22.2. The summed E-state index contributed by atoms with van der Waals surface area (Å²) >= 11 is 0. The van der Waals surface area contributed by atoms with E-state index in [2.05, 4.69) is 36.3 Å². The number of alkyl halides is 3. The van der Waals surface area contributed by atoms with Crippen LogP contribution >= 0.6 is 0 Å². The normalized spacial score (nSPS) is 19.0. The number of aryl methyl sites for hydroxylation is 1. The van der Waals surface area contributed by atoms with E-state index in [1.54, 1.807) is 12.1 Å². The highest BCUT2D eigenvalue weighted by molar-refractivity contribution is 5.68. The summed E-state index contributed by atoms with van der Waals surface area (Å²) in [5, 5.41) is 3.48. The Morgan fingerprint density at radius 2 is 1.90 bits per heavy atom. The van der Waals surface area contributed by atoms with Gasteiger partial charge in [0.05, 0.1) is 11.3 Å². The summed E-state index contributed by atoms with van der Waals surface area (Å²) in [6.07, 6.45) is 4.09. The van der Waals surface area contributed by atoms with Crippen molar-refractivity contribution in [3.05, 3.63) is 82.1 Å². The van der Waals surface area contributed by atoms with E-state index in [4.69, 9.17) is 0 Å². The molecule has 1 aromatic heterocycles. The molecule has 1 heterocycles. The molecule has 2 nitrogen and oxygen atoms in total. The van der Waals surface area contributed by atoms with Crippen molar-refractivity contribution in [2.75, 3.05) is 5.32 Å². The summed E-state index contributed by atoms with van der Waals surface area (Å²) in [4.78, 5) is 4.60. The highest BCUT2D eigenvalue weighted by Gasteiger charge is 2.34. The van der Waals surface area contributed by atoms with Crippen LogP contribution in [0.5, 0.6) is 0 Å². The molecule has 0 aliphatic heterocycles. The van der Waals surface area contributed by atoms with Crippen LogP contribution in [0.15, 0.2) is 71.0 Å². The molecule has 0 radical (unpaired) electrons. The molecule has 1 atom stereocenters. The predicted molar refractivity (Wildman–Crippen MR) is 120 cm³/mol. The first-order chi connectivity index (χ1) is 14.8. The molecule has 0 spiro atoms. The Morgan fingerprint density at radius 3 is 2.65 bits per heavy atom. The molecule has 0 fully saturated rings. The number of nitrogens with one attached hydrogen (secondary N) is 1. The molecule has 162 valence electrons. The van der Waals surface area contributed by atoms with E-state index in [0.29, 0.717) is 17.4 Å². The summed E-state index contributed by atoms with van der Waals surface area (Å²) < 4.78 is 40.7. The van der Waals surface area contributed by atoms with Crippen LogP contribution in [0.3, 0.4) is 0 Å². The number of anilines is 1. The SMILES string of the molecule is CCC1CC(C)=C(Nc2cc(C)cc(-c3ccccc3C(F)(F)F)n2)C2=C1C=CCC2. The van der Waals surface area contributed by atoms with Gasteiger partial charge in [0.15, 0.2) is 0 Å². The van der Waals surface area contributed by atoms with Gasteiger partial charge in [-0.1, -0.05) is 37.3 Å². The maximum atomic E-state index is 13.6. The molecule has 0 saturated heterocycles. The van der Waals surface area contributed by atoms with E-state index >= 15 is 0 Å². The monoisotopic (exact) mass is 424 g/mol. The third kappa shape index (κ3) is 4.32. The van der Waals surface area contributed by atoms with Crippen molar-refractivity contribution in [2.24, 2.45) is 5.92 Å². The summed E-state index contributed by atoms with van der Waals surface area (Å²) in [7, 11) is 0. The summed E-state index contributed by atoms with van der Waals surface area (Å²) in [5.74, 6) is 1.11. The fourth-order valence-electron chi connectivity index (χ4n) is 4.67. The highest BCUT2D eigenvalue weighted by Crippen LogP contribution is 2.41. The second-order valence-electron chi connectivity index (χ2n) is 8.42. The molecule has 2 aliphatic rings. The molecule has 0 bridgehead atoms. The lowest BCUT2D eigenvalue weighted by Crippen LogP contribution is -2.19. The van der Waals surface area contributed by atoms with Gasteiger partial charge in [-0.25, -0.2) is 4.98 Å². The minimum atomic E-state index is -4.43. The quantitative estimate of drug-likeness (QED) is 0.541. The minimum Gasteiger partial charge on any atom is -0.340 e. The second kappa shape index (κ2) is 8.37. The molecular weight excluding hydrogens is 397 g/mol. The van der Waals surface area contributed by atoms with Gasteiger partial charge >= 0.3 is 6.18 Å². The molecule has 2 aromatic rings. The van der Waals surface area contributed by atoms with Crippen LogP contribution < -0.4 is 5.32 Å². The van der Waals surface area contributed by atoms with Gasteiger partial charge in [0.25, 0.3) is 0 Å². The lowest BCUT2D eigenvalue weighted by atomic mass is 9.77. The van der Waals surface area contributed by atoms with Gasteiger partial charge < -0.3 is 5.32 Å². The van der Waals surface area contributed by atoms with Gasteiger partial charge in [-0.05, 0) is 85.9 Å². The maximum absolute atomic E-state index is 13.6. The standard InChI is InChI=1S/C26H27F3N2/c1-4-18-15-17(3)25(20-10-6-5-9-19(18)20)31-24-14-16(2)13-23(30-24)21-11-7-8-12-22(21)26(27,28)29/h5,7-9,11-14,18H,4,6,10,15H2,1-3H3,(H,30,31). The van der Waals surface area contributed by atoms with E-state index in [1.165, 1.54) is 28.9 Å². The van der Waals surface area contributed by atoms with Crippen LogP contribution in [0.2, 0.25) is 0 Å². The fraction of sp³-hybridized carbons (Fsp3) is 0.346. The topological polar surface area (TPSA) is 24.9 Å². The molecule has 4 rings (SSSR count). The van der Waals surface area contributed by atoms with Gasteiger partial charge in [-0.15, -0.1) is 0 Å². The Bertz CT molecular complexity index is 1090. The van der Waals surface area contributed by atoms with Crippen LogP contribution in [0, 0.1) is 12.8 Å². The molecule has 1 N–H and O–H groups in total. The first-order valence-electron chi connectivity index (χ1n) is 10.8. The lowest BCUT2D eigenvalue weighted by Gasteiger charge is -2.32. The van der Waals surface area contributed by atoms with Crippen LogP contribution in [-0.4, -0.2) is 4.98 Å². The number of aromatic nitrogens is 1. The van der Waals surface area contributed by atoms with Crippen LogP contribution in [0.1, 0.15) is 50.7 Å². The molecule has 0 amide bonds. The number of allylic oxidation sites excluding steroid dienone is 5. The number of nitrogens with zero attached hydrogens (tertiary/aromatic N) is 1. The van der Waals surface area contributed by atoms with Crippen molar-refractivity contribution in [2.45, 2.75) is 52.6 Å². The number of hydrogen-bond donors (Lipinski definition) is 1. The van der Waals surface area contributed by atoms with Crippen molar-refractivity contribution >= 4 is 5.82 Å². The van der Waals surface area contributed by atoms with E-state index in [1.807, 2.05) is 13.0 Å². The Balaban J connectivity index is 1.74. The number of benzene rings is 1. The number of pyridine rings is 1. The van der Waals surface area contributed by atoms with Crippen LogP contribution in [0.25, 0.3) is 11.3 Å². The van der Waals surface area contributed by atoms with Crippen molar-refractivity contribution in [3.63, 3.8) is 0 Å². The van der Waals surface area contributed by atoms with Crippen LogP contribution in [-0.2, 0) is 6.18 Å². The van der Waals surface area contributed by atoms with E-state index in [0.717, 1.165) is 43.0 Å². The van der Waals surface area contributed by atoms with Crippen molar-refractivity contribution < 1.29 is 13.2 Å². The first kappa shape index (κ1) is 21.4. The summed E-state index contributed by atoms with van der Waals surface area (Å²) in [6.45, 7) is 6.24. The highest BCUT2D eigenvalue weighted by atomic mass is 19.4. The number of halogens is 3. The fourth-order valence-corrected chi connectivity index (χ4v) is 4.67. The zero-order valence-corrected chi connectivity index (χ0v) is 18.1.